The molecule has 0 aromatic heterocycles. The molecule has 3 heteroatoms. The van der Waals surface area contributed by atoms with Gasteiger partial charge in [0.1, 0.15) is 11.9 Å². The predicted octanol–water partition coefficient (Wildman–Crippen LogP) is 0.392. The standard InChI is InChI=1S/C5H7N3/c1-2-4(3-6)5(7)8/h2H,1H3,(H3,7,8). The monoisotopic (exact) mass is 109 g/mol. The molecule has 0 aliphatic carbocycles. The van der Waals surface area contributed by atoms with E-state index >= 15 is 0 Å². The number of amidine groups is 1. The number of rotatable bonds is 1. The Labute approximate surface area is 47.9 Å². The average Bonchev–Trinajstić information content (AvgIpc) is 1.69. The smallest absolute Gasteiger partial charge is 0.133 e. The fraction of sp³-hybridized carbons (Fsp3) is 0.200. The summed E-state index contributed by atoms with van der Waals surface area (Å²) in [6, 6.07) is 1.76. The van der Waals surface area contributed by atoms with Crippen LogP contribution in [0.4, 0.5) is 0 Å². The second kappa shape index (κ2) is 2.80. The van der Waals surface area contributed by atoms with Crippen LogP contribution in [0.25, 0.3) is 0 Å². The summed E-state index contributed by atoms with van der Waals surface area (Å²) >= 11 is 0. The highest BCUT2D eigenvalue weighted by Crippen LogP contribution is 1.86. The molecular formula is C5H7N3. The second-order valence-corrected chi connectivity index (χ2v) is 1.23. The Morgan fingerprint density at radius 3 is 2.38 bits per heavy atom. The number of nitriles is 1. The van der Waals surface area contributed by atoms with E-state index in [-0.39, 0.29) is 11.4 Å². The predicted molar refractivity (Wildman–Crippen MR) is 31.3 cm³/mol. The van der Waals surface area contributed by atoms with Crippen molar-refractivity contribution in [3.05, 3.63) is 11.6 Å². The molecule has 0 spiro atoms. The fourth-order valence-electron chi connectivity index (χ4n) is 0.280. The minimum atomic E-state index is -0.171. The normalized spacial score (nSPS) is 10.2. The van der Waals surface area contributed by atoms with Crippen molar-refractivity contribution < 1.29 is 0 Å². The summed E-state index contributed by atoms with van der Waals surface area (Å²) in [5.41, 5.74) is 5.18. The third-order valence-corrected chi connectivity index (χ3v) is 0.699. The van der Waals surface area contributed by atoms with Crippen molar-refractivity contribution in [3.8, 4) is 6.07 Å². The topological polar surface area (TPSA) is 73.7 Å². The van der Waals surface area contributed by atoms with Gasteiger partial charge < -0.3 is 5.73 Å². The van der Waals surface area contributed by atoms with Crippen LogP contribution in [0.1, 0.15) is 6.92 Å². The molecule has 0 unspecified atom stereocenters. The van der Waals surface area contributed by atoms with Gasteiger partial charge in [0, 0.05) is 0 Å². The Morgan fingerprint density at radius 2 is 2.38 bits per heavy atom. The van der Waals surface area contributed by atoms with E-state index < -0.39 is 0 Å². The van der Waals surface area contributed by atoms with Crippen LogP contribution in [-0.4, -0.2) is 5.84 Å². The highest BCUT2D eigenvalue weighted by atomic mass is 14.7. The lowest BCUT2D eigenvalue weighted by Crippen LogP contribution is -2.10. The van der Waals surface area contributed by atoms with Crippen LogP contribution < -0.4 is 5.73 Å². The van der Waals surface area contributed by atoms with Crippen molar-refractivity contribution in [1.82, 2.24) is 0 Å². The molecule has 0 aromatic rings. The van der Waals surface area contributed by atoms with Crippen LogP contribution in [0.3, 0.4) is 0 Å². The Bertz CT molecular complexity index is 161. The van der Waals surface area contributed by atoms with Crippen LogP contribution in [0.2, 0.25) is 0 Å². The van der Waals surface area contributed by atoms with Gasteiger partial charge in [-0.05, 0) is 6.92 Å². The van der Waals surface area contributed by atoms with E-state index in [1.165, 1.54) is 6.08 Å². The van der Waals surface area contributed by atoms with E-state index in [0.29, 0.717) is 0 Å². The van der Waals surface area contributed by atoms with Crippen LogP contribution in [0.15, 0.2) is 11.6 Å². The minimum absolute atomic E-state index is 0.171. The van der Waals surface area contributed by atoms with Gasteiger partial charge in [-0.15, -0.1) is 0 Å². The first-order chi connectivity index (χ1) is 3.72. The molecule has 0 radical (unpaired) electrons. The van der Waals surface area contributed by atoms with Crippen molar-refractivity contribution in [1.29, 1.82) is 10.7 Å². The molecule has 0 aliphatic heterocycles. The molecule has 0 amide bonds. The van der Waals surface area contributed by atoms with Gasteiger partial charge in [0.2, 0.25) is 0 Å². The Balaban J connectivity index is 4.20. The Hall–Kier alpha value is -1.30. The van der Waals surface area contributed by atoms with Crippen LogP contribution in [0.5, 0.6) is 0 Å². The quantitative estimate of drug-likeness (QED) is 0.290. The summed E-state index contributed by atoms with van der Waals surface area (Å²) < 4.78 is 0. The van der Waals surface area contributed by atoms with Crippen molar-refractivity contribution in [2.45, 2.75) is 6.92 Å². The maximum Gasteiger partial charge on any atom is 0.133 e. The van der Waals surface area contributed by atoms with Gasteiger partial charge in [-0.1, -0.05) is 6.08 Å². The zero-order valence-corrected chi connectivity index (χ0v) is 4.60. The number of allylic oxidation sites excluding steroid dienone is 1. The summed E-state index contributed by atoms with van der Waals surface area (Å²) in [6.07, 6.45) is 1.50. The van der Waals surface area contributed by atoms with Gasteiger partial charge in [-0.3, -0.25) is 5.41 Å². The van der Waals surface area contributed by atoms with Crippen molar-refractivity contribution in [2.75, 3.05) is 0 Å². The first-order valence-electron chi connectivity index (χ1n) is 2.13. The van der Waals surface area contributed by atoms with Crippen LogP contribution in [-0.2, 0) is 0 Å². The second-order valence-electron chi connectivity index (χ2n) is 1.23. The lowest BCUT2D eigenvalue weighted by atomic mass is 10.3. The van der Waals surface area contributed by atoms with E-state index in [4.69, 9.17) is 16.4 Å². The van der Waals surface area contributed by atoms with Gasteiger partial charge in [0.05, 0.1) is 5.57 Å². The molecule has 8 heavy (non-hydrogen) atoms. The van der Waals surface area contributed by atoms with E-state index in [1.54, 1.807) is 13.0 Å². The van der Waals surface area contributed by atoms with Crippen molar-refractivity contribution >= 4 is 5.84 Å². The summed E-state index contributed by atoms with van der Waals surface area (Å²) in [5, 5.41) is 14.9. The third kappa shape index (κ3) is 1.43. The summed E-state index contributed by atoms with van der Waals surface area (Å²) in [6.45, 7) is 1.67. The largest absolute Gasteiger partial charge is 0.383 e. The average molecular weight is 109 g/mol. The first kappa shape index (κ1) is 6.70. The molecule has 3 nitrogen and oxygen atoms in total. The van der Waals surface area contributed by atoms with E-state index in [1.807, 2.05) is 0 Å². The van der Waals surface area contributed by atoms with Crippen LogP contribution in [0, 0.1) is 16.7 Å². The molecule has 0 aromatic carbocycles. The molecule has 0 bridgehead atoms. The number of hydrogen-bond acceptors (Lipinski definition) is 2. The van der Waals surface area contributed by atoms with Crippen molar-refractivity contribution in [3.63, 3.8) is 0 Å². The molecule has 42 valence electrons. The molecular weight excluding hydrogens is 102 g/mol. The molecule has 0 saturated carbocycles. The highest BCUT2D eigenvalue weighted by molar-refractivity contribution is 5.97. The van der Waals surface area contributed by atoms with Gasteiger partial charge in [0.25, 0.3) is 0 Å². The molecule has 0 aliphatic rings. The van der Waals surface area contributed by atoms with Crippen molar-refractivity contribution in [2.24, 2.45) is 5.73 Å². The maximum atomic E-state index is 8.16. The Morgan fingerprint density at radius 1 is 1.88 bits per heavy atom. The zero-order chi connectivity index (χ0) is 6.57. The van der Waals surface area contributed by atoms with Gasteiger partial charge >= 0.3 is 0 Å². The fourth-order valence-corrected chi connectivity index (χ4v) is 0.280. The number of nitrogens with two attached hydrogens (primary N) is 1. The Kier molecular flexibility index (Phi) is 2.35. The summed E-state index contributed by atoms with van der Waals surface area (Å²) in [5.74, 6) is -0.171. The molecule has 0 saturated heterocycles. The molecule has 0 rings (SSSR count). The molecule has 0 heterocycles. The summed E-state index contributed by atoms with van der Waals surface area (Å²) in [7, 11) is 0. The molecule has 0 fully saturated rings. The summed E-state index contributed by atoms with van der Waals surface area (Å²) in [4.78, 5) is 0. The minimum Gasteiger partial charge on any atom is -0.383 e. The van der Waals surface area contributed by atoms with E-state index in [9.17, 15) is 0 Å². The van der Waals surface area contributed by atoms with Gasteiger partial charge in [-0.2, -0.15) is 5.26 Å². The van der Waals surface area contributed by atoms with Crippen LogP contribution >= 0.6 is 0 Å². The first-order valence-corrected chi connectivity index (χ1v) is 2.13. The van der Waals surface area contributed by atoms with E-state index in [0.717, 1.165) is 0 Å². The number of hydrogen-bond donors (Lipinski definition) is 2. The molecule has 3 N–H and O–H groups in total. The van der Waals surface area contributed by atoms with E-state index in [2.05, 4.69) is 0 Å². The zero-order valence-electron chi connectivity index (χ0n) is 4.60. The third-order valence-electron chi connectivity index (χ3n) is 0.699. The number of nitrogens with one attached hydrogen (secondary N) is 1. The van der Waals surface area contributed by atoms with Gasteiger partial charge in [-0.25, -0.2) is 0 Å². The highest BCUT2D eigenvalue weighted by Gasteiger charge is 1.92. The van der Waals surface area contributed by atoms with Gasteiger partial charge in [0.15, 0.2) is 0 Å². The lowest BCUT2D eigenvalue weighted by Gasteiger charge is -1.87. The SMILES string of the molecule is CC=C(C#N)C(=N)N. The number of nitrogens with zero attached hydrogens (tertiary/aromatic N) is 1. The molecule has 0 atom stereocenters. The maximum absolute atomic E-state index is 8.16. The lowest BCUT2D eigenvalue weighted by molar-refractivity contribution is 1.41.